The molecule has 2 aromatic carbocycles. The number of hydrogen-bond donors (Lipinski definition) is 1. The Bertz CT molecular complexity index is 736. The summed E-state index contributed by atoms with van der Waals surface area (Å²) >= 11 is 0. The van der Waals surface area contributed by atoms with Gasteiger partial charge in [-0.2, -0.15) is 0 Å². The second-order valence-electron chi connectivity index (χ2n) is 6.44. The van der Waals surface area contributed by atoms with Crippen LogP contribution in [0.25, 0.3) is 0 Å². The van der Waals surface area contributed by atoms with Gasteiger partial charge in [-0.25, -0.2) is 9.69 Å². The molecule has 2 aromatic rings. The summed E-state index contributed by atoms with van der Waals surface area (Å²) in [4.78, 5) is 26.7. The van der Waals surface area contributed by atoms with E-state index in [4.69, 9.17) is 4.74 Å². The number of hydrogen-bond acceptors (Lipinski definition) is 4. The molecule has 1 atom stereocenters. The number of nitrogens with one attached hydrogen (secondary N) is 1. The molecule has 0 unspecified atom stereocenters. The van der Waals surface area contributed by atoms with Crippen molar-refractivity contribution in [2.24, 2.45) is 0 Å². The van der Waals surface area contributed by atoms with Crippen LogP contribution in [0.4, 0.5) is 10.5 Å². The lowest BCUT2D eigenvalue weighted by Gasteiger charge is -2.23. The molecule has 0 spiro atoms. The van der Waals surface area contributed by atoms with E-state index in [1.165, 1.54) is 4.90 Å². The van der Waals surface area contributed by atoms with Crippen LogP contribution in [-0.2, 0) is 22.6 Å². The molecule has 26 heavy (non-hydrogen) atoms. The minimum Gasteiger partial charge on any atom is -0.444 e. The third-order valence-corrected chi connectivity index (χ3v) is 4.50. The zero-order chi connectivity index (χ0) is 18.4. The number of amides is 2. The molecule has 5 heteroatoms. The standard InChI is InChI=1S/C21H24N2O3/c1-2-3-13-23(21(25)26-15-16-9-5-4-6-10-16)20(24)19-14-17-11-7-8-12-18(17)22-19/h4-12,19,22H,2-3,13-15H2,1H3/t19-/m0/s1. The first-order chi connectivity index (χ1) is 12.7. The van der Waals surface area contributed by atoms with Crippen LogP contribution in [0.5, 0.6) is 0 Å². The van der Waals surface area contributed by atoms with E-state index in [1.54, 1.807) is 0 Å². The van der Waals surface area contributed by atoms with E-state index in [1.807, 2.05) is 61.5 Å². The van der Waals surface area contributed by atoms with Crippen molar-refractivity contribution in [1.29, 1.82) is 0 Å². The number of para-hydroxylation sites is 1. The largest absolute Gasteiger partial charge is 0.444 e. The molecule has 1 aliphatic rings. The molecule has 136 valence electrons. The van der Waals surface area contributed by atoms with Crippen molar-refractivity contribution in [3.63, 3.8) is 0 Å². The number of nitrogens with zero attached hydrogens (tertiary/aromatic N) is 1. The van der Waals surface area contributed by atoms with Crippen LogP contribution >= 0.6 is 0 Å². The third kappa shape index (κ3) is 4.23. The van der Waals surface area contributed by atoms with E-state index in [-0.39, 0.29) is 12.5 Å². The van der Waals surface area contributed by atoms with Gasteiger partial charge in [-0.05, 0) is 23.6 Å². The van der Waals surface area contributed by atoms with Crippen molar-refractivity contribution in [3.8, 4) is 0 Å². The number of anilines is 1. The summed E-state index contributed by atoms with van der Waals surface area (Å²) in [6, 6.07) is 16.9. The number of benzene rings is 2. The van der Waals surface area contributed by atoms with E-state index in [2.05, 4.69) is 5.32 Å². The zero-order valence-electron chi connectivity index (χ0n) is 15.0. The van der Waals surface area contributed by atoms with E-state index in [9.17, 15) is 9.59 Å². The average molecular weight is 352 g/mol. The summed E-state index contributed by atoms with van der Waals surface area (Å²) in [6.45, 7) is 2.56. The van der Waals surface area contributed by atoms with Gasteiger partial charge in [0.15, 0.2) is 0 Å². The molecule has 2 amide bonds. The molecule has 0 saturated heterocycles. The summed E-state index contributed by atoms with van der Waals surface area (Å²) in [5, 5.41) is 3.22. The molecule has 1 aliphatic heterocycles. The summed E-state index contributed by atoms with van der Waals surface area (Å²) in [5.74, 6) is -0.229. The first-order valence-corrected chi connectivity index (χ1v) is 9.05. The molecular formula is C21H24N2O3. The van der Waals surface area contributed by atoms with Gasteiger partial charge in [0.05, 0.1) is 0 Å². The predicted octanol–water partition coefficient (Wildman–Crippen LogP) is 3.99. The van der Waals surface area contributed by atoms with Crippen LogP contribution in [0.2, 0.25) is 0 Å². The fourth-order valence-electron chi connectivity index (χ4n) is 3.04. The Morgan fingerprint density at radius 3 is 2.58 bits per heavy atom. The maximum Gasteiger partial charge on any atom is 0.416 e. The highest BCUT2D eigenvalue weighted by Gasteiger charge is 2.33. The van der Waals surface area contributed by atoms with Crippen molar-refractivity contribution < 1.29 is 14.3 Å². The van der Waals surface area contributed by atoms with Crippen LogP contribution < -0.4 is 5.32 Å². The second kappa shape index (κ2) is 8.52. The first kappa shape index (κ1) is 18.0. The number of ether oxygens (including phenoxy) is 1. The fraction of sp³-hybridized carbons (Fsp3) is 0.333. The summed E-state index contributed by atoms with van der Waals surface area (Å²) in [5.41, 5.74) is 2.95. The Morgan fingerprint density at radius 2 is 1.85 bits per heavy atom. The van der Waals surface area contributed by atoms with E-state index < -0.39 is 12.1 Å². The van der Waals surface area contributed by atoms with Gasteiger partial charge >= 0.3 is 6.09 Å². The maximum absolute atomic E-state index is 12.9. The van der Waals surface area contributed by atoms with Gasteiger partial charge in [0.25, 0.3) is 5.91 Å². The van der Waals surface area contributed by atoms with Crippen LogP contribution in [0, 0.1) is 0 Å². The Balaban J connectivity index is 1.65. The molecule has 5 nitrogen and oxygen atoms in total. The van der Waals surface area contributed by atoms with Crippen molar-refractivity contribution in [1.82, 2.24) is 4.90 Å². The summed E-state index contributed by atoms with van der Waals surface area (Å²) in [7, 11) is 0. The van der Waals surface area contributed by atoms with Gasteiger partial charge in [0.1, 0.15) is 12.6 Å². The molecule has 1 N–H and O–H groups in total. The number of rotatable bonds is 6. The number of fused-ring (bicyclic) bond motifs is 1. The Labute approximate surface area is 154 Å². The quantitative estimate of drug-likeness (QED) is 0.854. The Morgan fingerprint density at radius 1 is 1.12 bits per heavy atom. The third-order valence-electron chi connectivity index (χ3n) is 4.50. The monoisotopic (exact) mass is 352 g/mol. The zero-order valence-corrected chi connectivity index (χ0v) is 15.0. The minimum absolute atomic E-state index is 0.161. The first-order valence-electron chi connectivity index (χ1n) is 9.05. The highest BCUT2D eigenvalue weighted by molar-refractivity contribution is 5.97. The normalized spacial score (nSPS) is 15.0. The van der Waals surface area contributed by atoms with Crippen molar-refractivity contribution in [2.45, 2.75) is 38.8 Å². The van der Waals surface area contributed by atoms with Gasteiger partial charge in [0.2, 0.25) is 0 Å². The number of unbranched alkanes of at least 4 members (excludes halogenated alkanes) is 1. The molecule has 0 fully saturated rings. The molecule has 0 radical (unpaired) electrons. The van der Waals surface area contributed by atoms with E-state index in [0.29, 0.717) is 13.0 Å². The molecule has 0 aromatic heterocycles. The van der Waals surface area contributed by atoms with E-state index in [0.717, 1.165) is 29.7 Å². The highest BCUT2D eigenvalue weighted by atomic mass is 16.6. The fourth-order valence-corrected chi connectivity index (χ4v) is 3.04. The highest BCUT2D eigenvalue weighted by Crippen LogP contribution is 2.26. The predicted molar refractivity (Wildman–Crippen MR) is 101 cm³/mol. The van der Waals surface area contributed by atoms with Crippen molar-refractivity contribution in [3.05, 3.63) is 65.7 Å². The minimum atomic E-state index is -0.579. The Kier molecular flexibility index (Phi) is 5.89. The van der Waals surface area contributed by atoms with Crippen LogP contribution in [0.15, 0.2) is 54.6 Å². The number of carbonyl (C=O) groups excluding carboxylic acids is 2. The lowest BCUT2D eigenvalue weighted by Crippen LogP contribution is -2.46. The van der Waals surface area contributed by atoms with Crippen LogP contribution in [0.1, 0.15) is 30.9 Å². The molecular weight excluding hydrogens is 328 g/mol. The lowest BCUT2D eigenvalue weighted by molar-refractivity contribution is -0.130. The van der Waals surface area contributed by atoms with Gasteiger partial charge in [-0.15, -0.1) is 0 Å². The molecule has 3 rings (SSSR count). The smallest absolute Gasteiger partial charge is 0.416 e. The average Bonchev–Trinajstić information content (AvgIpc) is 3.11. The van der Waals surface area contributed by atoms with Gasteiger partial charge < -0.3 is 10.1 Å². The summed E-state index contributed by atoms with van der Waals surface area (Å²) in [6.07, 6.45) is 1.66. The van der Waals surface area contributed by atoms with E-state index >= 15 is 0 Å². The lowest BCUT2D eigenvalue weighted by atomic mass is 10.1. The summed E-state index contributed by atoms with van der Waals surface area (Å²) < 4.78 is 5.38. The maximum atomic E-state index is 12.9. The van der Waals surface area contributed by atoms with Gasteiger partial charge in [0, 0.05) is 18.7 Å². The van der Waals surface area contributed by atoms with Crippen LogP contribution in [0.3, 0.4) is 0 Å². The van der Waals surface area contributed by atoms with Crippen molar-refractivity contribution in [2.75, 3.05) is 11.9 Å². The SMILES string of the molecule is CCCCN(C(=O)OCc1ccccc1)C(=O)[C@@H]1Cc2ccccc2N1. The van der Waals surface area contributed by atoms with Gasteiger partial charge in [-0.1, -0.05) is 61.9 Å². The van der Waals surface area contributed by atoms with Crippen molar-refractivity contribution >= 4 is 17.7 Å². The Hall–Kier alpha value is -2.82. The molecule has 0 saturated carbocycles. The van der Waals surface area contributed by atoms with Crippen LogP contribution in [-0.4, -0.2) is 29.5 Å². The topological polar surface area (TPSA) is 58.6 Å². The number of carbonyl (C=O) groups is 2. The molecule has 0 bridgehead atoms. The molecule has 0 aliphatic carbocycles. The molecule has 1 heterocycles. The second-order valence-corrected chi connectivity index (χ2v) is 6.44. The number of imide groups is 1. The van der Waals surface area contributed by atoms with Gasteiger partial charge in [-0.3, -0.25) is 4.79 Å².